The molecule has 7 nitrogen and oxygen atoms in total. The van der Waals surface area contributed by atoms with Gasteiger partial charge in [0.15, 0.2) is 5.17 Å². The van der Waals surface area contributed by atoms with Crippen LogP contribution >= 0.6 is 11.8 Å². The Morgan fingerprint density at radius 1 is 1.06 bits per heavy atom. The number of carbonyl (C=O) groups excluding carboxylic acids is 1. The van der Waals surface area contributed by atoms with Crippen molar-refractivity contribution in [2.45, 2.75) is 20.3 Å². The number of rotatable bonds is 7. The molecule has 0 atom stereocenters. The number of aromatic nitrogens is 2. The van der Waals surface area contributed by atoms with Gasteiger partial charge in [0.05, 0.1) is 23.8 Å². The van der Waals surface area contributed by atoms with E-state index in [1.54, 1.807) is 6.20 Å². The zero-order valence-corrected chi connectivity index (χ0v) is 21.6. The average molecular weight is 502 g/mol. The summed E-state index contributed by atoms with van der Waals surface area (Å²) in [5, 5.41) is 0.734. The van der Waals surface area contributed by atoms with E-state index in [0.29, 0.717) is 11.4 Å². The minimum atomic E-state index is 0.0132. The summed E-state index contributed by atoms with van der Waals surface area (Å²) in [5.41, 5.74) is 4.00. The van der Waals surface area contributed by atoms with Crippen molar-refractivity contribution in [2.24, 2.45) is 4.99 Å². The third-order valence-corrected chi connectivity index (χ3v) is 7.47. The number of amidine groups is 1. The highest BCUT2D eigenvalue weighted by Gasteiger charge is 2.33. The van der Waals surface area contributed by atoms with E-state index in [-0.39, 0.29) is 5.91 Å². The lowest BCUT2D eigenvalue weighted by atomic mass is 10.2. The molecule has 0 unspecified atom stereocenters. The highest BCUT2D eigenvalue weighted by Crippen LogP contribution is 2.35. The van der Waals surface area contributed by atoms with Gasteiger partial charge in [0.25, 0.3) is 5.91 Å². The number of hydrogen-bond donors (Lipinski definition) is 0. The molecule has 2 aromatic heterocycles. The summed E-state index contributed by atoms with van der Waals surface area (Å²) in [7, 11) is 0. The van der Waals surface area contributed by atoms with Crippen LogP contribution in [0.4, 0.5) is 5.69 Å². The van der Waals surface area contributed by atoms with Gasteiger partial charge in [0.1, 0.15) is 5.82 Å². The Kier molecular flexibility index (Phi) is 7.65. The molecule has 0 bridgehead atoms. The van der Waals surface area contributed by atoms with E-state index in [1.165, 1.54) is 11.8 Å². The molecule has 5 rings (SSSR count). The molecule has 2 saturated heterocycles. The van der Waals surface area contributed by atoms with Gasteiger partial charge in [-0.3, -0.25) is 14.6 Å². The summed E-state index contributed by atoms with van der Waals surface area (Å²) in [5.74, 6) is 0.887. The van der Waals surface area contributed by atoms with Gasteiger partial charge in [-0.25, -0.2) is 9.98 Å². The molecule has 186 valence electrons. The summed E-state index contributed by atoms with van der Waals surface area (Å²) in [6, 6.07) is 17.8. The maximum Gasteiger partial charge on any atom is 0.266 e. The van der Waals surface area contributed by atoms with Gasteiger partial charge in [-0.2, -0.15) is 0 Å². The first-order valence-electron chi connectivity index (χ1n) is 12.4. The lowest BCUT2D eigenvalue weighted by molar-refractivity contribution is -0.122. The average Bonchev–Trinajstić information content (AvgIpc) is 3.35. The van der Waals surface area contributed by atoms with Crippen molar-refractivity contribution in [1.29, 1.82) is 0 Å². The number of aryl methyl sites for hydroxylation is 1. The van der Waals surface area contributed by atoms with Gasteiger partial charge < -0.3 is 9.30 Å². The topological polar surface area (TPSA) is 63.0 Å². The first kappa shape index (κ1) is 24.5. The summed E-state index contributed by atoms with van der Waals surface area (Å²) in [6.07, 6.45) is 4.68. The Balaban J connectivity index is 1.40. The van der Waals surface area contributed by atoms with Crippen LogP contribution in [0.3, 0.4) is 0 Å². The Morgan fingerprint density at radius 3 is 2.58 bits per heavy atom. The predicted molar refractivity (Wildman–Crippen MR) is 146 cm³/mol. The van der Waals surface area contributed by atoms with Crippen molar-refractivity contribution < 1.29 is 9.53 Å². The number of morpholine rings is 1. The van der Waals surface area contributed by atoms with Crippen molar-refractivity contribution in [1.82, 2.24) is 19.4 Å². The molecule has 0 saturated carbocycles. The van der Waals surface area contributed by atoms with E-state index in [4.69, 9.17) is 9.73 Å². The van der Waals surface area contributed by atoms with Gasteiger partial charge in [-0.15, -0.1) is 0 Å². The number of amides is 1. The van der Waals surface area contributed by atoms with Crippen molar-refractivity contribution in [3.63, 3.8) is 0 Å². The zero-order valence-electron chi connectivity index (χ0n) is 20.8. The summed E-state index contributed by atoms with van der Waals surface area (Å²) in [6.45, 7) is 9.17. The summed E-state index contributed by atoms with van der Waals surface area (Å²) >= 11 is 1.45. The first-order valence-corrected chi connectivity index (χ1v) is 13.2. The van der Waals surface area contributed by atoms with Crippen LogP contribution in [-0.2, 0) is 9.53 Å². The van der Waals surface area contributed by atoms with E-state index in [9.17, 15) is 4.79 Å². The molecule has 2 fully saturated rings. The number of thioether (sulfide) groups is 1. The fraction of sp³-hybridized carbons (Fsp3) is 0.321. The van der Waals surface area contributed by atoms with Gasteiger partial charge >= 0.3 is 0 Å². The lowest BCUT2D eigenvalue weighted by Gasteiger charge is -2.27. The number of aliphatic imine (C=N–C) groups is 1. The molecule has 0 radical (unpaired) electrons. The molecule has 4 heterocycles. The fourth-order valence-corrected chi connectivity index (χ4v) is 5.61. The maximum absolute atomic E-state index is 13.6. The van der Waals surface area contributed by atoms with Crippen molar-refractivity contribution >= 4 is 34.6 Å². The molecule has 0 N–H and O–H groups in total. The standard InChI is InChI=1S/C28H31N5O2S/c1-21-19-23(22(2)33(21)26-11-6-7-12-29-26)20-25-27(34)32(14-8-13-31-15-17-35-18-16-31)28(36-25)30-24-9-4-3-5-10-24/h3-7,9-12,19-20H,8,13-18H2,1-2H3/b25-20-,30-28?. The van der Waals surface area contributed by atoms with Crippen LogP contribution in [0, 0.1) is 13.8 Å². The van der Waals surface area contributed by atoms with E-state index < -0.39 is 0 Å². The fourth-order valence-electron chi connectivity index (χ4n) is 4.59. The lowest BCUT2D eigenvalue weighted by Crippen LogP contribution is -2.38. The SMILES string of the molecule is Cc1cc(/C=C2\SC(=Nc3ccccc3)N(CCCN3CCOCC3)C2=O)c(C)n1-c1ccccn1. The van der Waals surface area contributed by atoms with Crippen LogP contribution in [0.15, 0.2) is 70.7 Å². The normalized spacial score (nSPS) is 19.1. The second-order valence-corrected chi connectivity index (χ2v) is 9.96. The molecule has 0 spiro atoms. The summed E-state index contributed by atoms with van der Waals surface area (Å²) in [4.78, 5) is 27.8. The number of nitrogens with zero attached hydrogens (tertiary/aromatic N) is 5. The zero-order chi connectivity index (χ0) is 24.9. The molecular formula is C28H31N5O2S. The van der Waals surface area contributed by atoms with Crippen LogP contribution in [0.1, 0.15) is 23.4 Å². The van der Waals surface area contributed by atoms with Crippen LogP contribution in [-0.4, -0.2) is 69.8 Å². The Hall–Kier alpha value is -3.20. The van der Waals surface area contributed by atoms with Crippen LogP contribution < -0.4 is 0 Å². The monoisotopic (exact) mass is 501 g/mol. The number of pyridine rings is 1. The highest BCUT2D eigenvalue weighted by atomic mass is 32.2. The van der Waals surface area contributed by atoms with Crippen LogP contribution in [0.5, 0.6) is 0 Å². The van der Waals surface area contributed by atoms with Gasteiger partial charge in [0.2, 0.25) is 0 Å². The third kappa shape index (κ3) is 5.46. The smallest absolute Gasteiger partial charge is 0.266 e. The number of para-hydroxylation sites is 1. The largest absolute Gasteiger partial charge is 0.379 e. The first-order chi connectivity index (χ1) is 17.6. The summed E-state index contributed by atoms with van der Waals surface area (Å²) < 4.78 is 7.58. The number of benzene rings is 1. The van der Waals surface area contributed by atoms with E-state index in [1.807, 2.05) is 59.5 Å². The van der Waals surface area contributed by atoms with E-state index in [0.717, 1.165) is 72.9 Å². The second kappa shape index (κ2) is 11.2. The molecule has 1 aromatic carbocycles. The van der Waals surface area contributed by atoms with Gasteiger partial charge in [-0.1, -0.05) is 24.3 Å². The van der Waals surface area contributed by atoms with Crippen molar-refractivity contribution in [3.8, 4) is 5.82 Å². The Morgan fingerprint density at radius 2 is 1.83 bits per heavy atom. The maximum atomic E-state index is 13.6. The number of hydrogen-bond acceptors (Lipinski definition) is 6. The minimum absolute atomic E-state index is 0.0132. The Labute approximate surface area is 216 Å². The van der Waals surface area contributed by atoms with E-state index >= 15 is 0 Å². The quantitative estimate of drug-likeness (QED) is 0.435. The molecule has 36 heavy (non-hydrogen) atoms. The predicted octanol–water partition coefficient (Wildman–Crippen LogP) is 4.82. The second-order valence-electron chi connectivity index (χ2n) is 8.95. The number of carbonyl (C=O) groups is 1. The highest BCUT2D eigenvalue weighted by molar-refractivity contribution is 8.18. The van der Waals surface area contributed by atoms with Crippen molar-refractivity contribution in [2.75, 3.05) is 39.4 Å². The van der Waals surface area contributed by atoms with Gasteiger partial charge in [0, 0.05) is 43.8 Å². The molecule has 2 aliphatic heterocycles. The number of ether oxygens (including phenoxy) is 1. The van der Waals surface area contributed by atoms with Crippen LogP contribution in [0.25, 0.3) is 11.9 Å². The van der Waals surface area contributed by atoms with Crippen molar-refractivity contribution in [3.05, 3.63) is 82.7 Å². The van der Waals surface area contributed by atoms with Gasteiger partial charge in [-0.05, 0) is 74.0 Å². The Bertz CT molecular complexity index is 1260. The molecule has 8 heteroatoms. The molecular weight excluding hydrogens is 470 g/mol. The molecule has 3 aromatic rings. The third-order valence-electron chi connectivity index (χ3n) is 6.46. The van der Waals surface area contributed by atoms with E-state index in [2.05, 4.69) is 34.4 Å². The molecule has 0 aliphatic carbocycles. The molecule has 2 aliphatic rings. The minimum Gasteiger partial charge on any atom is -0.379 e. The molecule has 1 amide bonds. The van der Waals surface area contributed by atoms with Crippen LogP contribution in [0.2, 0.25) is 0 Å².